The maximum atomic E-state index is 11.5. The molecule has 0 saturated heterocycles. The number of nitrogens with zero attached hydrogens (tertiary/aromatic N) is 2. The van der Waals surface area contributed by atoms with Crippen LogP contribution in [0.4, 0.5) is 0 Å². The number of alkyl halides is 1. The molecule has 0 saturated carbocycles. The van der Waals surface area contributed by atoms with Gasteiger partial charge in [-0.15, -0.1) is 11.6 Å². The van der Waals surface area contributed by atoms with Gasteiger partial charge in [0.2, 0.25) is 0 Å². The van der Waals surface area contributed by atoms with E-state index in [0.717, 1.165) is 22.4 Å². The minimum Gasteiger partial charge on any atom is -0.324 e. The van der Waals surface area contributed by atoms with Gasteiger partial charge in [0.15, 0.2) is 0 Å². The summed E-state index contributed by atoms with van der Waals surface area (Å²) in [6.07, 6.45) is 1.89. The fraction of sp³-hybridized carbons (Fsp3) is 0.500. The molecule has 0 amide bonds. The van der Waals surface area contributed by atoms with Gasteiger partial charge in [-0.1, -0.05) is 6.07 Å². The Balaban J connectivity index is 2.57. The predicted octanol–water partition coefficient (Wildman–Crippen LogP) is 2.73. The van der Waals surface area contributed by atoms with Crippen LogP contribution in [0.25, 0.3) is 11.0 Å². The molecule has 2 rings (SSSR count). The van der Waals surface area contributed by atoms with Crippen molar-refractivity contribution in [2.45, 2.75) is 26.3 Å². The van der Waals surface area contributed by atoms with Crippen molar-refractivity contribution >= 4 is 32.5 Å². The maximum Gasteiger partial charge on any atom is 0.149 e. The second-order valence-electron chi connectivity index (χ2n) is 5.27. The molecule has 1 aromatic heterocycles. The highest BCUT2D eigenvalue weighted by Crippen LogP contribution is 2.24. The van der Waals surface area contributed by atoms with E-state index in [0.29, 0.717) is 12.3 Å². The van der Waals surface area contributed by atoms with Crippen molar-refractivity contribution in [3.05, 3.63) is 29.6 Å². The summed E-state index contributed by atoms with van der Waals surface area (Å²) in [5.74, 6) is 1.41. The van der Waals surface area contributed by atoms with Gasteiger partial charge < -0.3 is 4.57 Å². The molecule has 20 heavy (non-hydrogen) atoms. The number of sulfone groups is 1. The normalized spacial score (nSPS) is 13.8. The Morgan fingerprint density at radius 3 is 2.70 bits per heavy atom. The van der Waals surface area contributed by atoms with Gasteiger partial charge in [-0.3, -0.25) is 0 Å². The number of fused-ring (bicyclic) bond motifs is 1. The van der Waals surface area contributed by atoms with E-state index in [4.69, 9.17) is 11.6 Å². The molecule has 0 N–H and O–H groups in total. The summed E-state index contributed by atoms with van der Waals surface area (Å²) in [6.45, 7) is 3.92. The predicted molar refractivity (Wildman–Crippen MR) is 83.3 cm³/mol. The van der Waals surface area contributed by atoms with Crippen LogP contribution in [0.5, 0.6) is 0 Å². The highest BCUT2D eigenvalue weighted by Gasteiger charge is 2.19. The van der Waals surface area contributed by atoms with Crippen LogP contribution in [0.3, 0.4) is 0 Å². The van der Waals surface area contributed by atoms with Crippen LogP contribution in [0, 0.1) is 6.92 Å². The number of aromatic nitrogens is 2. The zero-order chi connectivity index (χ0) is 14.9. The van der Waals surface area contributed by atoms with Gasteiger partial charge in [0.1, 0.15) is 15.7 Å². The molecule has 6 heteroatoms. The molecule has 1 unspecified atom stereocenters. The Kier molecular flexibility index (Phi) is 4.39. The van der Waals surface area contributed by atoms with E-state index in [9.17, 15) is 8.42 Å². The summed E-state index contributed by atoms with van der Waals surface area (Å²) < 4.78 is 25.1. The van der Waals surface area contributed by atoms with Crippen molar-refractivity contribution in [2.75, 3.05) is 17.9 Å². The third kappa shape index (κ3) is 3.33. The van der Waals surface area contributed by atoms with Crippen molar-refractivity contribution in [2.24, 2.45) is 0 Å². The van der Waals surface area contributed by atoms with Crippen molar-refractivity contribution in [1.82, 2.24) is 9.55 Å². The van der Waals surface area contributed by atoms with Crippen molar-refractivity contribution in [3.63, 3.8) is 0 Å². The van der Waals surface area contributed by atoms with E-state index in [1.165, 1.54) is 6.26 Å². The Morgan fingerprint density at radius 2 is 2.10 bits per heavy atom. The fourth-order valence-corrected chi connectivity index (χ4v) is 3.71. The molecule has 1 heterocycles. The van der Waals surface area contributed by atoms with E-state index in [1.54, 1.807) is 0 Å². The molecule has 2 aromatic rings. The maximum absolute atomic E-state index is 11.5. The highest BCUT2D eigenvalue weighted by atomic mass is 35.5. The van der Waals surface area contributed by atoms with Crippen LogP contribution in [0.2, 0.25) is 0 Å². The Morgan fingerprint density at radius 1 is 1.40 bits per heavy atom. The van der Waals surface area contributed by atoms with Crippen LogP contribution in [0.1, 0.15) is 24.4 Å². The van der Waals surface area contributed by atoms with Crippen LogP contribution in [-0.4, -0.2) is 35.9 Å². The lowest BCUT2D eigenvalue weighted by Gasteiger charge is -2.16. The summed E-state index contributed by atoms with van der Waals surface area (Å²) in [5, 5.41) is 0. The first kappa shape index (κ1) is 15.3. The standard InChI is InChI=1S/C14H19ClN2O2S/c1-10-4-5-12-13(8-10)17(14(16-12)6-7-15)11(2)9-20(3,18)19/h4-5,8,11H,6-7,9H2,1-3H3. The zero-order valence-electron chi connectivity index (χ0n) is 11.9. The molecule has 4 nitrogen and oxygen atoms in total. The van der Waals surface area contributed by atoms with Gasteiger partial charge >= 0.3 is 0 Å². The zero-order valence-corrected chi connectivity index (χ0v) is 13.5. The van der Waals surface area contributed by atoms with Gasteiger partial charge in [-0.05, 0) is 31.5 Å². The van der Waals surface area contributed by atoms with Crippen molar-refractivity contribution in [1.29, 1.82) is 0 Å². The Labute approximate surface area is 124 Å². The lowest BCUT2D eigenvalue weighted by molar-refractivity contribution is 0.557. The third-order valence-electron chi connectivity index (χ3n) is 3.22. The van der Waals surface area contributed by atoms with Gasteiger partial charge in [0, 0.05) is 24.6 Å². The number of imidazole rings is 1. The van der Waals surface area contributed by atoms with Crippen LogP contribution < -0.4 is 0 Å². The van der Waals surface area contributed by atoms with E-state index < -0.39 is 9.84 Å². The number of hydrogen-bond donors (Lipinski definition) is 0. The fourth-order valence-electron chi connectivity index (χ4n) is 2.52. The first-order valence-electron chi connectivity index (χ1n) is 6.53. The summed E-state index contributed by atoms with van der Waals surface area (Å²) in [4.78, 5) is 4.58. The van der Waals surface area contributed by atoms with Crippen LogP contribution in [-0.2, 0) is 16.3 Å². The monoisotopic (exact) mass is 314 g/mol. The van der Waals surface area contributed by atoms with Crippen molar-refractivity contribution in [3.8, 4) is 0 Å². The van der Waals surface area contributed by atoms with E-state index in [-0.39, 0.29) is 11.8 Å². The first-order valence-corrected chi connectivity index (χ1v) is 9.12. The van der Waals surface area contributed by atoms with E-state index in [2.05, 4.69) is 4.98 Å². The lowest BCUT2D eigenvalue weighted by atomic mass is 10.2. The summed E-state index contributed by atoms with van der Waals surface area (Å²) in [7, 11) is -3.04. The Bertz CT molecular complexity index is 722. The molecule has 0 aliphatic heterocycles. The van der Waals surface area contributed by atoms with Gasteiger partial charge in [-0.2, -0.15) is 0 Å². The number of rotatable bonds is 5. The van der Waals surface area contributed by atoms with E-state index >= 15 is 0 Å². The molecule has 0 fully saturated rings. The Hall–Kier alpha value is -1.07. The molecule has 0 radical (unpaired) electrons. The number of aryl methyl sites for hydroxylation is 2. The minimum atomic E-state index is -3.04. The molecule has 0 aliphatic carbocycles. The second kappa shape index (κ2) is 5.74. The molecule has 1 aromatic carbocycles. The summed E-state index contributed by atoms with van der Waals surface area (Å²) >= 11 is 5.83. The second-order valence-corrected chi connectivity index (χ2v) is 7.83. The number of benzene rings is 1. The van der Waals surface area contributed by atoms with Gasteiger partial charge in [0.25, 0.3) is 0 Å². The smallest absolute Gasteiger partial charge is 0.149 e. The molecule has 110 valence electrons. The lowest BCUT2D eigenvalue weighted by Crippen LogP contribution is -2.18. The van der Waals surface area contributed by atoms with Crippen LogP contribution >= 0.6 is 11.6 Å². The van der Waals surface area contributed by atoms with Gasteiger partial charge in [-0.25, -0.2) is 13.4 Å². The molecule has 0 aliphatic rings. The summed E-state index contributed by atoms with van der Waals surface area (Å²) in [5.41, 5.74) is 2.99. The van der Waals surface area contributed by atoms with Gasteiger partial charge in [0.05, 0.1) is 16.8 Å². The first-order chi connectivity index (χ1) is 9.31. The van der Waals surface area contributed by atoms with Crippen molar-refractivity contribution < 1.29 is 8.42 Å². The molecule has 1 atom stereocenters. The highest BCUT2D eigenvalue weighted by molar-refractivity contribution is 7.90. The molecule has 0 spiro atoms. The largest absolute Gasteiger partial charge is 0.324 e. The quantitative estimate of drug-likeness (QED) is 0.797. The summed E-state index contributed by atoms with van der Waals surface area (Å²) in [6, 6.07) is 5.85. The number of hydrogen-bond acceptors (Lipinski definition) is 3. The molecular formula is C14H19ClN2O2S. The SMILES string of the molecule is Cc1ccc2nc(CCCl)n(C(C)CS(C)(=O)=O)c2c1. The average Bonchev–Trinajstić information content (AvgIpc) is 2.64. The van der Waals surface area contributed by atoms with E-state index in [1.807, 2.05) is 36.6 Å². The number of halogens is 1. The molecule has 0 bridgehead atoms. The molecular weight excluding hydrogens is 296 g/mol. The van der Waals surface area contributed by atoms with Crippen LogP contribution in [0.15, 0.2) is 18.2 Å². The average molecular weight is 315 g/mol. The third-order valence-corrected chi connectivity index (χ3v) is 4.50. The minimum absolute atomic E-state index is 0.0989. The topological polar surface area (TPSA) is 52.0 Å².